The first-order chi connectivity index (χ1) is 21.9. The molecule has 2 aliphatic rings. The molecule has 0 radical (unpaired) electrons. The van der Waals surface area contributed by atoms with Crippen molar-refractivity contribution in [3.8, 4) is 6.07 Å². The lowest BCUT2D eigenvalue weighted by Crippen LogP contribution is -2.30. The molecule has 7 rings (SSSR count). The molecule has 1 aromatic heterocycles. The fourth-order valence-corrected chi connectivity index (χ4v) is 10.1. The number of carbonyl (C=O) groups is 2. The van der Waals surface area contributed by atoms with Crippen LogP contribution in [0.2, 0.25) is 10.0 Å². The number of amides is 2. The van der Waals surface area contributed by atoms with Gasteiger partial charge in [-0.15, -0.1) is 11.8 Å². The summed E-state index contributed by atoms with van der Waals surface area (Å²) in [4.78, 5) is 34.6. The van der Waals surface area contributed by atoms with E-state index in [0.717, 1.165) is 53.9 Å². The molecule has 0 bridgehead atoms. The zero-order valence-electron chi connectivity index (χ0n) is 22.9. The lowest BCUT2D eigenvalue weighted by atomic mass is 10.2. The first-order valence-corrected chi connectivity index (χ1v) is 18.5. The van der Waals surface area contributed by atoms with E-state index in [2.05, 4.69) is 10.4 Å². The fourth-order valence-electron chi connectivity index (χ4n) is 4.93. The first kappa shape index (κ1) is 30.6. The summed E-state index contributed by atoms with van der Waals surface area (Å²) in [5.74, 6) is -0.148. The summed E-state index contributed by atoms with van der Waals surface area (Å²) in [6.07, 6.45) is 0. The van der Waals surface area contributed by atoms with E-state index < -0.39 is 0 Å². The van der Waals surface area contributed by atoms with E-state index in [1.807, 2.05) is 72.8 Å². The molecule has 0 saturated heterocycles. The Morgan fingerprint density at radius 3 is 1.73 bits per heavy atom. The summed E-state index contributed by atoms with van der Waals surface area (Å²) >= 11 is 19.5. The smallest absolute Gasteiger partial charge is 0.242 e. The van der Waals surface area contributed by atoms with Crippen molar-refractivity contribution < 1.29 is 9.59 Å². The molecule has 4 aromatic carbocycles. The Kier molecular flexibility index (Phi) is 8.81. The van der Waals surface area contributed by atoms with Crippen LogP contribution in [0, 0.1) is 11.3 Å². The minimum Gasteiger partial charge on any atom is -0.278 e. The van der Waals surface area contributed by atoms with Gasteiger partial charge in [0.2, 0.25) is 11.8 Å². The van der Waals surface area contributed by atoms with Crippen molar-refractivity contribution in [3.63, 3.8) is 0 Å². The molecule has 0 fully saturated rings. The third-order valence-corrected chi connectivity index (χ3v) is 12.8. The number of para-hydroxylation sites is 2. The van der Waals surface area contributed by atoms with Crippen LogP contribution in [0.4, 0.5) is 22.7 Å². The van der Waals surface area contributed by atoms with Gasteiger partial charge in [0.05, 0.1) is 34.3 Å². The molecule has 13 heteroatoms. The van der Waals surface area contributed by atoms with Gasteiger partial charge in [-0.05, 0) is 72.2 Å². The Labute approximate surface area is 290 Å². The second-order valence-corrected chi connectivity index (χ2v) is 15.7. The number of fused-ring (bicyclic) bond motifs is 4. The number of nitriles is 1. The molecule has 0 unspecified atom stereocenters. The molecule has 6 nitrogen and oxygen atoms in total. The predicted molar refractivity (Wildman–Crippen MR) is 187 cm³/mol. The van der Waals surface area contributed by atoms with Crippen LogP contribution in [0.25, 0.3) is 0 Å². The Balaban J connectivity index is 1.08. The Morgan fingerprint density at radius 1 is 0.711 bits per heavy atom. The van der Waals surface area contributed by atoms with E-state index in [1.54, 1.807) is 45.5 Å². The number of thioether (sulfide) groups is 2. The first-order valence-electron chi connectivity index (χ1n) is 13.4. The number of hydrogen-bond donors (Lipinski definition) is 0. The maximum absolute atomic E-state index is 13.7. The quantitative estimate of drug-likeness (QED) is 0.160. The van der Waals surface area contributed by atoms with E-state index in [1.165, 1.54) is 23.5 Å². The lowest BCUT2D eigenvalue weighted by molar-refractivity contribution is -0.116. The molecule has 2 aliphatic heterocycles. The largest absolute Gasteiger partial charge is 0.278 e. The van der Waals surface area contributed by atoms with Gasteiger partial charge in [-0.1, -0.05) is 82.8 Å². The zero-order valence-corrected chi connectivity index (χ0v) is 28.5. The fraction of sp³-hybridized carbons (Fsp3) is 0.0625. The maximum Gasteiger partial charge on any atom is 0.242 e. The number of rotatable bonds is 6. The van der Waals surface area contributed by atoms with Crippen LogP contribution in [0.15, 0.2) is 114 Å². The van der Waals surface area contributed by atoms with Gasteiger partial charge < -0.3 is 0 Å². The van der Waals surface area contributed by atoms with Crippen molar-refractivity contribution in [1.29, 1.82) is 5.26 Å². The van der Waals surface area contributed by atoms with Crippen LogP contribution in [0.1, 0.15) is 5.56 Å². The number of anilines is 4. The number of carbonyl (C=O) groups excluding carboxylic acids is 2. The standard InChI is InChI=1S/C32H18Cl2N4O2S5/c33-18-9-11-27-23(13-18)37(21-5-1-3-7-25(21)43-27)29(39)16-41-31-20(15-35)32(45-36-31)42-17-30(40)38-22-6-2-4-8-26(22)44-28-12-10-19(34)14-24(28)38/h1-14H,16-17H2. The highest BCUT2D eigenvalue weighted by atomic mass is 35.5. The van der Waals surface area contributed by atoms with Gasteiger partial charge in [-0.25, -0.2) is 0 Å². The maximum atomic E-state index is 13.7. The van der Waals surface area contributed by atoms with Crippen molar-refractivity contribution in [1.82, 2.24) is 4.37 Å². The van der Waals surface area contributed by atoms with Crippen molar-refractivity contribution >= 4 is 116 Å². The number of hydrogen-bond acceptors (Lipinski definition) is 9. The molecule has 5 aromatic rings. The van der Waals surface area contributed by atoms with Gasteiger partial charge in [-0.2, -0.15) is 9.64 Å². The normalized spacial score (nSPS) is 12.9. The molecule has 0 atom stereocenters. The second-order valence-electron chi connectivity index (χ2n) is 9.66. The lowest BCUT2D eigenvalue weighted by Gasteiger charge is -2.31. The predicted octanol–water partition coefficient (Wildman–Crippen LogP) is 10.2. The Morgan fingerprint density at radius 2 is 1.20 bits per heavy atom. The van der Waals surface area contributed by atoms with Gasteiger partial charge in [0.25, 0.3) is 0 Å². The summed E-state index contributed by atoms with van der Waals surface area (Å²) in [5.41, 5.74) is 3.41. The van der Waals surface area contributed by atoms with Gasteiger partial charge in [0.15, 0.2) is 0 Å². The molecule has 2 amide bonds. The van der Waals surface area contributed by atoms with E-state index >= 15 is 0 Å². The van der Waals surface area contributed by atoms with E-state index in [-0.39, 0.29) is 23.3 Å². The van der Waals surface area contributed by atoms with Gasteiger partial charge in [-0.3, -0.25) is 19.4 Å². The van der Waals surface area contributed by atoms with Crippen LogP contribution in [0.3, 0.4) is 0 Å². The van der Waals surface area contributed by atoms with E-state index in [0.29, 0.717) is 24.8 Å². The summed E-state index contributed by atoms with van der Waals surface area (Å²) in [6.45, 7) is 0. The number of halogens is 2. The highest BCUT2D eigenvalue weighted by Crippen LogP contribution is 2.50. The average Bonchev–Trinajstić information content (AvgIpc) is 3.45. The molecule has 0 N–H and O–H groups in total. The molecule has 222 valence electrons. The van der Waals surface area contributed by atoms with Gasteiger partial charge in [0, 0.05) is 29.6 Å². The third kappa shape index (κ3) is 5.97. The monoisotopic (exact) mass is 720 g/mol. The van der Waals surface area contributed by atoms with Crippen LogP contribution in [-0.2, 0) is 9.59 Å². The van der Waals surface area contributed by atoms with Crippen LogP contribution >= 0.6 is 81.8 Å². The molecule has 3 heterocycles. The minimum atomic E-state index is -0.156. The topological polar surface area (TPSA) is 77.3 Å². The van der Waals surface area contributed by atoms with E-state index in [4.69, 9.17) is 23.2 Å². The van der Waals surface area contributed by atoms with Crippen molar-refractivity contribution in [2.24, 2.45) is 0 Å². The van der Waals surface area contributed by atoms with Crippen molar-refractivity contribution in [2.75, 3.05) is 21.3 Å². The van der Waals surface area contributed by atoms with Crippen molar-refractivity contribution in [3.05, 3.63) is 101 Å². The van der Waals surface area contributed by atoms with E-state index in [9.17, 15) is 14.9 Å². The average molecular weight is 722 g/mol. The number of nitrogens with zero attached hydrogens (tertiary/aromatic N) is 4. The van der Waals surface area contributed by atoms with Crippen LogP contribution in [0.5, 0.6) is 0 Å². The molecular formula is C32H18Cl2N4O2S5. The highest BCUT2D eigenvalue weighted by molar-refractivity contribution is 8.02. The van der Waals surface area contributed by atoms with Crippen LogP contribution in [-0.4, -0.2) is 27.7 Å². The second kappa shape index (κ2) is 13.0. The Hall–Kier alpha value is -3.08. The molecule has 45 heavy (non-hydrogen) atoms. The highest BCUT2D eigenvalue weighted by Gasteiger charge is 2.31. The SMILES string of the molecule is N#Cc1c(SCC(=O)N2c3ccccc3Sc3ccc(Cl)cc32)nsc1SCC(=O)N1c2ccccc2Sc2ccc(Cl)cc21. The van der Waals surface area contributed by atoms with Gasteiger partial charge in [0.1, 0.15) is 20.9 Å². The molecule has 0 spiro atoms. The molecular weight excluding hydrogens is 704 g/mol. The molecule has 0 aliphatic carbocycles. The summed E-state index contributed by atoms with van der Waals surface area (Å²) in [6, 6.07) is 28.8. The Bertz CT molecular complexity index is 1910. The number of benzene rings is 4. The van der Waals surface area contributed by atoms with Gasteiger partial charge >= 0.3 is 0 Å². The number of aromatic nitrogens is 1. The summed E-state index contributed by atoms with van der Waals surface area (Å²) in [5, 5.41) is 11.6. The minimum absolute atomic E-state index is 0.0617. The third-order valence-electron chi connectivity index (χ3n) is 6.88. The zero-order chi connectivity index (χ0) is 31.1. The van der Waals surface area contributed by atoms with Crippen LogP contribution < -0.4 is 9.80 Å². The van der Waals surface area contributed by atoms with Crippen molar-refractivity contribution in [2.45, 2.75) is 28.8 Å². The molecule has 0 saturated carbocycles. The summed E-state index contributed by atoms with van der Waals surface area (Å²) in [7, 11) is 0. The summed E-state index contributed by atoms with van der Waals surface area (Å²) < 4.78 is 5.13.